The quantitative estimate of drug-likeness (QED) is 0.648. The molecule has 152 valence electrons. The van der Waals surface area contributed by atoms with Gasteiger partial charge < -0.3 is 18.6 Å². The van der Waals surface area contributed by atoms with Crippen LogP contribution in [0.1, 0.15) is 23.6 Å². The van der Waals surface area contributed by atoms with Crippen molar-refractivity contribution in [3.05, 3.63) is 63.5 Å². The highest BCUT2D eigenvalue weighted by Crippen LogP contribution is 2.30. The van der Waals surface area contributed by atoms with Crippen molar-refractivity contribution < 1.29 is 23.5 Å². The predicted molar refractivity (Wildman–Crippen MR) is 110 cm³/mol. The van der Waals surface area contributed by atoms with Gasteiger partial charge in [-0.15, -0.1) is 0 Å². The van der Waals surface area contributed by atoms with Gasteiger partial charge in [0.15, 0.2) is 17.1 Å². The van der Waals surface area contributed by atoms with Crippen molar-refractivity contribution in [3.63, 3.8) is 0 Å². The normalized spacial score (nSPS) is 15.6. The number of aryl methyl sites for hydroxylation is 1. The number of hydrogen-bond acceptors (Lipinski definition) is 5. The zero-order chi connectivity index (χ0) is 20.4. The van der Waals surface area contributed by atoms with Gasteiger partial charge in [-0.1, -0.05) is 13.0 Å². The Kier molecular flexibility index (Phi) is 5.45. The summed E-state index contributed by atoms with van der Waals surface area (Å²) >= 11 is 0. The first-order valence-corrected chi connectivity index (χ1v) is 9.88. The molecule has 2 heterocycles. The Morgan fingerprint density at radius 1 is 1.07 bits per heavy atom. The summed E-state index contributed by atoms with van der Waals surface area (Å²) in [5.41, 5.74) is 3.52. The van der Waals surface area contributed by atoms with Gasteiger partial charge in [0.05, 0.1) is 26.3 Å². The first-order valence-electron chi connectivity index (χ1n) is 9.88. The van der Waals surface area contributed by atoms with Crippen LogP contribution in [0.15, 0.2) is 45.6 Å². The molecule has 0 aliphatic carbocycles. The van der Waals surface area contributed by atoms with Gasteiger partial charge in [-0.2, -0.15) is 0 Å². The average Bonchev–Trinajstić information content (AvgIpc) is 2.76. The van der Waals surface area contributed by atoms with E-state index in [-0.39, 0.29) is 5.63 Å². The summed E-state index contributed by atoms with van der Waals surface area (Å²) in [4.78, 5) is 13.3. The average molecular weight is 396 g/mol. The SMILES string of the molecule is CCc1cc(=O)oc2c3c(ccc12)OC[NH+](CCc1ccc(OC)c(OC)c1)C3. The minimum absolute atomic E-state index is 0.305. The van der Waals surface area contributed by atoms with Crippen LogP contribution in [0.25, 0.3) is 11.0 Å². The fourth-order valence-electron chi connectivity index (χ4n) is 3.92. The summed E-state index contributed by atoms with van der Waals surface area (Å²) in [7, 11) is 3.28. The van der Waals surface area contributed by atoms with Gasteiger partial charge in [-0.25, -0.2) is 4.79 Å². The molecule has 0 radical (unpaired) electrons. The lowest BCUT2D eigenvalue weighted by atomic mass is 10.0. The van der Waals surface area contributed by atoms with E-state index >= 15 is 0 Å². The molecule has 1 unspecified atom stereocenters. The van der Waals surface area contributed by atoms with E-state index in [9.17, 15) is 4.79 Å². The molecule has 0 saturated heterocycles. The second kappa shape index (κ2) is 8.17. The van der Waals surface area contributed by atoms with Gasteiger partial charge in [0.25, 0.3) is 0 Å². The summed E-state index contributed by atoms with van der Waals surface area (Å²) < 4.78 is 22.3. The molecule has 1 aliphatic heterocycles. The molecule has 2 aromatic carbocycles. The van der Waals surface area contributed by atoms with Crippen LogP contribution in [0.5, 0.6) is 17.2 Å². The number of quaternary nitrogens is 1. The fourth-order valence-corrected chi connectivity index (χ4v) is 3.92. The van der Waals surface area contributed by atoms with Crippen molar-refractivity contribution in [3.8, 4) is 17.2 Å². The van der Waals surface area contributed by atoms with Crippen molar-refractivity contribution in [2.45, 2.75) is 26.3 Å². The van der Waals surface area contributed by atoms with E-state index in [2.05, 4.69) is 6.07 Å². The van der Waals surface area contributed by atoms with Gasteiger partial charge in [0.2, 0.25) is 6.73 Å². The van der Waals surface area contributed by atoms with E-state index in [1.165, 1.54) is 10.5 Å². The third-order valence-corrected chi connectivity index (χ3v) is 5.51. The zero-order valence-corrected chi connectivity index (χ0v) is 17.0. The smallest absolute Gasteiger partial charge is 0.336 e. The van der Waals surface area contributed by atoms with Gasteiger partial charge in [0.1, 0.15) is 12.3 Å². The molecule has 6 nitrogen and oxygen atoms in total. The van der Waals surface area contributed by atoms with E-state index in [0.717, 1.165) is 59.7 Å². The highest BCUT2D eigenvalue weighted by molar-refractivity contribution is 5.85. The van der Waals surface area contributed by atoms with Crippen molar-refractivity contribution >= 4 is 11.0 Å². The van der Waals surface area contributed by atoms with E-state index in [0.29, 0.717) is 12.3 Å². The van der Waals surface area contributed by atoms with Crippen LogP contribution >= 0.6 is 0 Å². The summed E-state index contributed by atoms with van der Waals surface area (Å²) in [5, 5.41) is 0.996. The second-order valence-corrected chi connectivity index (χ2v) is 7.27. The highest BCUT2D eigenvalue weighted by Gasteiger charge is 2.25. The standard InChI is InChI=1S/C23H25NO5/c1-4-16-12-22(25)29-23-17(16)6-8-19-18(23)13-24(14-28-19)10-9-15-5-7-20(26-2)21(11-15)27-3/h5-8,11-12H,4,9-10,13-14H2,1-3H3/p+1. The summed E-state index contributed by atoms with van der Waals surface area (Å²) in [6, 6.07) is 11.6. The summed E-state index contributed by atoms with van der Waals surface area (Å²) in [5.74, 6) is 2.27. The van der Waals surface area contributed by atoms with Crippen molar-refractivity contribution in [1.82, 2.24) is 0 Å². The molecule has 1 aromatic heterocycles. The first kappa shape index (κ1) is 19.3. The Labute approximate surface area is 169 Å². The minimum Gasteiger partial charge on any atom is -0.493 e. The molecule has 6 heteroatoms. The maximum absolute atomic E-state index is 12.0. The van der Waals surface area contributed by atoms with Crippen molar-refractivity contribution in [1.29, 1.82) is 0 Å². The molecule has 0 saturated carbocycles. The third-order valence-electron chi connectivity index (χ3n) is 5.51. The van der Waals surface area contributed by atoms with Gasteiger partial charge >= 0.3 is 5.63 Å². The first-order chi connectivity index (χ1) is 14.1. The molecular weight excluding hydrogens is 370 g/mol. The molecule has 0 fully saturated rings. The molecule has 1 atom stereocenters. The van der Waals surface area contributed by atoms with Crippen LogP contribution in [0.4, 0.5) is 0 Å². The number of benzene rings is 2. The topological polar surface area (TPSA) is 62.3 Å². The maximum atomic E-state index is 12.0. The Bertz CT molecular complexity index is 1090. The van der Waals surface area contributed by atoms with Crippen LogP contribution in [-0.4, -0.2) is 27.5 Å². The van der Waals surface area contributed by atoms with Crippen LogP contribution in [-0.2, 0) is 19.4 Å². The molecule has 1 aliphatic rings. The molecule has 0 spiro atoms. The van der Waals surface area contributed by atoms with E-state index in [4.69, 9.17) is 18.6 Å². The van der Waals surface area contributed by atoms with Crippen LogP contribution in [0.2, 0.25) is 0 Å². The number of methoxy groups -OCH3 is 2. The Balaban J connectivity index is 1.55. The summed E-state index contributed by atoms with van der Waals surface area (Å²) in [6.07, 6.45) is 1.67. The van der Waals surface area contributed by atoms with Gasteiger partial charge in [0, 0.05) is 17.9 Å². The number of fused-ring (bicyclic) bond motifs is 3. The molecule has 0 bridgehead atoms. The number of hydrogen-bond donors (Lipinski definition) is 1. The Morgan fingerprint density at radius 2 is 1.90 bits per heavy atom. The minimum atomic E-state index is -0.305. The number of nitrogens with one attached hydrogen (secondary N) is 1. The lowest BCUT2D eigenvalue weighted by Crippen LogP contribution is -3.12. The molecule has 3 aromatic rings. The Morgan fingerprint density at radius 3 is 2.66 bits per heavy atom. The lowest BCUT2D eigenvalue weighted by molar-refractivity contribution is -0.932. The largest absolute Gasteiger partial charge is 0.493 e. The van der Waals surface area contributed by atoms with Crippen LogP contribution in [0.3, 0.4) is 0 Å². The Hall–Kier alpha value is -2.99. The van der Waals surface area contributed by atoms with Crippen LogP contribution < -0.4 is 24.7 Å². The monoisotopic (exact) mass is 396 g/mol. The predicted octanol–water partition coefficient (Wildman–Crippen LogP) is 2.35. The molecule has 4 rings (SSSR count). The maximum Gasteiger partial charge on any atom is 0.336 e. The molecule has 0 amide bonds. The van der Waals surface area contributed by atoms with E-state index in [1.54, 1.807) is 20.3 Å². The number of ether oxygens (including phenoxy) is 3. The molecular formula is C23H26NO5+. The highest BCUT2D eigenvalue weighted by atomic mass is 16.5. The van der Waals surface area contributed by atoms with Gasteiger partial charge in [-0.05, 0) is 41.8 Å². The molecule has 1 N–H and O–H groups in total. The second-order valence-electron chi connectivity index (χ2n) is 7.27. The zero-order valence-electron chi connectivity index (χ0n) is 17.0. The summed E-state index contributed by atoms with van der Waals surface area (Å²) in [6.45, 7) is 4.29. The van der Waals surface area contributed by atoms with E-state index < -0.39 is 0 Å². The third kappa shape index (κ3) is 3.80. The van der Waals surface area contributed by atoms with Crippen molar-refractivity contribution in [2.75, 3.05) is 27.5 Å². The van der Waals surface area contributed by atoms with Gasteiger partial charge in [-0.3, -0.25) is 4.90 Å². The van der Waals surface area contributed by atoms with E-state index in [1.807, 2.05) is 31.2 Å². The fraction of sp³-hybridized carbons (Fsp3) is 0.348. The van der Waals surface area contributed by atoms with Crippen molar-refractivity contribution in [2.24, 2.45) is 0 Å². The lowest BCUT2D eigenvalue weighted by Gasteiger charge is -2.26. The molecule has 29 heavy (non-hydrogen) atoms. The van der Waals surface area contributed by atoms with Crippen LogP contribution in [0, 0.1) is 0 Å². The number of rotatable bonds is 6.